The number of Topliss-reactive ketones (excluding diaryl/α,β-unsaturated/α-hetero) is 1. The number of nitrogens with two attached hydrogens (primary N) is 1. The zero-order valence-electron chi connectivity index (χ0n) is 18.2. The second kappa shape index (κ2) is 8.95. The molecule has 0 spiro atoms. The molecule has 2 aromatic heterocycles. The number of ether oxygens (including phenoxy) is 1. The number of rotatable bonds is 5. The van der Waals surface area contributed by atoms with Crippen LogP contribution in [-0.4, -0.2) is 32.5 Å². The molecule has 2 N–H and O–H groups in total. The van der Waals surface area contributed by atoms with Crippen LogP contribution in [0.3, 0.4) is 0 Å². The van der Waals surface area contributed by atoms with Crippen LogP contribution in [0.1, 0.15) is 20.7 Å². The molecule has 10 heteroatoms. The number of hydrogen-bond donors (Lipinski definition) is 1. The van der Waals surface area contributed by atoms with E-state index in [1.165, 1.54) is 14.1 Å². The van der Waals surface area contributed by atoms with E-state index in [0.29, 0.717) is 21.6 Å². The van der Waals surface area contributed by atoms with Crippen molar-refractivity contribution in [2.75, 3.05) is 12.3 Å². The van der Waals surface area contributed by atoms with E-state index in [9.17, 15) is 19.2 Å². The molecule has 0 aliphatic carbocycles. The lowest BCUT2D eigenvalue weighted by molar-refractivity contribution is 0.0476. The molecule has 2 aromatic carbocycles. The fraction of sp³-hybridized carbons (Fsp3) is 0.125. The number of fused-ring (bicyclic) bond motifs is 1. The zero-order valence-corrected chi connectivity index (χ0v) is 19.0. The van der Waals surface area contributed by atoms with Gasteiger partial charge < -0.3 is 10.5 Å². The minimum absolute atomic E-state index is 0.199. The minimum Gasteiger partial charge on any atom is -0.454 e. The molecule has 2 heterocycles. The highest BCUT2D eigenvalue weighted by Gasteiger charge is 2.23. The molecule has 0 saturated carbocycles. The number of para-hydroxylation sites is 1. The van der Waals surface area contributed by atoms with Crippen LogP contribution < -0.4 is 17.0 Å². The quantitative estimate of drug-likeness (QED) is 0.345. The number of pyridine rings is 1. The summed E-state index contributed by atoms with van der Waals surface area (Å²) in [6.07, 6.45) is 0. The van der Waals surface area contributed by atoms with Gasteiger partial charge >= 0.3 is 11.7 Å². The summed E-state index contributed by atoms with van der Waals surface area (Å²) in [7, 11) is 2.57. The number of halogens is 1. The Morgan fingerprint density at radius 2 is 1.71 bits per heavy atom. The lowest BCUT2D eigenvalue weighted by atomic mass is 10.0. The van der Waals surface area contributed by atoms with Gasteiger partial charge in [-0.2, -0.15) is 0 Å². The van der Waals surface area contributed by atoms with Gasteiger partial charge in [0.25, 0.3) is 5.56 Å². The second-order valence-corrected chi connectivity index (χ2v) is 7.98. The van der Waals surface area contributed by atoms with Gasteiger partial charge in [0, 0.05) is 30.1 Å². The first kappa shape index (κ1) is 22.9. The second-order valence-electron chi connectivity index (χ2n) is 7.54. The molecule has 0 aliphatic rings. The van der Waals surface area contributed by atoms with Gasteiger partial charge in [-0.3, -0.25) is 18.7 Å². The molecule has 0 unspecified atom stereocenters. The molecule has 0 bridgehead atoms. The Morgan fingerprint density at radius 3 is 2.41 bits per heavy atom. The zero-order chi connectivity index (χ0) is 24.6. The highest BCUT2D eigenvalue weighted by Crippen LogP contribution is 2.26. The van der Waals surface area contributed by atoms with Crippen molar-refractivity contribution in [3.63, 3.8) is 0 Å². The molecule has 4 aromatic rings. The molecule has 0 fully saturated rings. The van der Waals surface area contributed by atoms with Crippen molar-refractivity contribution in [1.82, 2.24) is 14.1 Å². The number of hydrogen-bond acceptors (Lipinski definition) is 7. The Hall–Kier alpha value is -4.24. The number of ketones is 1. The number of anilines is 1. The molecule has 0 atom stereocenters. The maximum absolute atomic E-state index is 13.0. The smallest absolute Gasteiger partial charge is 0.339 e. The van der Waals surface area contributed by atoms with E-state index >= 15 is 0 Å². The van der Waals surface area contributed by atoms with Crippen LogP contribution in [0.2, 0.25) is 5.02 Å². The number of carbonyl (C=O) groups is 2. The first-order valence-electron chi connectivity index (χ1n) is 10.1. The lowest BCUT2D eigenvalue weighted by Crippen LogP contribution is -2.42. The van der Waals surface area contributed by atoms with Crippen molar-refractivity contribution in [2.45, 2.75) is 0 Å². The molecule has 172 valence electrons. The average molecular weight is 479 g/mol. The SMILES string of the molecule is Cn1c(N)c(C(=O)COC(=O)c2cc(-c3ccc(Cl)cc3)nc3ccccc23)c(=O)n(C)c1=O. The predicted octanol–water partition coefficient (Wildman–Crippen LogP) is 2.57. The Kier molecular flexibility index (Phi) is 6.04. The van der Waals surface area contributed by atoms with Crippen molar-refractivity contribution >= 4 is 40.1 Å². The summed E-state index contributed by atoms with van der Waals surface area (Å²) >= 11 is 5.97. The molecule has 4 rings (SSSR count). The van der Waals surface area contributed by atoms with Crippen molar-refractivity contribution in [1.29, 1.82) is 0 Å². The third kappa shape index (κ3) is 4.08. The van der Waals surface area contributed by atoms with E-state index in [2.05, 4.69) is 4.98 Å². The average Bonchev–Trinajstić information content (AvgIpc) is 2.84. The summed E-state index contributed by atoms with van der Waals surface area (Å²) < 4.78 is 7.00. The number of esters is 1. The van der Waals surface area contributed by atoms with E-state index in [1.54, 1.807) is 54.6 Å². The van der Waals surface area contributed by atoms with Crippen molar-refractivity contribution in [3.8, 4) is 11.3 Å². The molecule has 0 aliphatic heterocycles. The number of aromatic nitrogens is 3. The van der Waals surface area contributed by atoms with Gasteiger partial charge in [0.05, 0.1) is 16.8 Å². The largest absolute Gasteiger partial charge is 0.454 e. The van der Waals surface area contributed by atoms with E-state index < -0.39 is 35.2 Å². The highest BCUT2D eigenvalue weighted by molar-refractivity contribution is 6.30. The van der Waals surface area contributed by atoms with E-state index in [-0.39, 0.29) is 11.4 Å². The molecule has 9 nitrogen and oxygen atoms in total. The Morgan fingerprint density at radius 1 is 1.03 bits per heavy atom. The van der Waals surface area contributed by atoms with E-state index in [4.69, 9.17) is 22.1 Å². The fourth-order valence-electron chi connectivity index (χ4n) is 3.52. The number of nitrogen functional groups attached to an aromatic ring is 1. The number of carbonyl (C=O) groups excluding carboxylic acids is 2. The van der Waals surface area contributed by atoms with Crippen molar-refractivity contribution in [2.24, 2.45) is 14.1 Å². The van der Waals surface area contributed by atoms with Crippen LogP contribution in [0.4, 0.5) is 5.82 Å². The Bertz CT molecular complexity index is 1570. The third-order valence-electron chi connectivity index (χ3n) is 5.40. The molecular weight excluding hydrogens is 460 g/mol. The summed E-state index contributed by atoms with van der Waals surface area (Å²) in [5.41, 5.74) is 5.88. The van der Waals surface area contributed by atoms with Crippen LogP contribution in [-0.2, 0) is 18.8 Å². The summed E-state index contributed by atoms with van der Waals surface area (Å²) in [5.74, 6) is -1.89. The van der Waals surface area contributed by atoms with Gasteiger partial charge in [0.15, 0.2) is 6.61 Å². The summed E-state index contributed by atoms with van der Waals surface area (Å²) in [6, 6.07) is 15.6. The van der Waals surface area contributed by atoms with Gasteiger partial charge in [0.2, 0.25) is 5.78 Å². The normalized spacial score (nSPS) is 10.9. The van der Waals surface area contributed by atoms with E-state index in [0.717, 1.165) is 14.7 Å². The van der Waals surface area contributed by atoms with Gasteiger partial charge in [-0.25, -0.2) is 14.6 Å². The van der Waals surface area contributed by atoms with Crippen LogP contribution in [0.5, 0.6) is 0 Å². The summed E-state index contributed by atoms with van der Waals surface area (Å²) in [6.45, 7) is -0.733. The molecule has 0 radical (unpaired) electrons. The number of benzene rings is 2. The standard InChI is InChI=1S/C24H19ClN4O5/c1-28-21(26)20(22(31)29(2)24(28)33)19(30)12-34-23(32)16-11-18(13-7-9-14(25)10-8-13)27-17-6-4-3-5-15(16)17/h3-11H,12,26H2,1-2H3. The first-order valence-corrected chi connectivity index (χ1v) is 10.5. The number of nitrogens with zero attached hydrogens (tertiary/aromatic N) is 3. The highest BCUT2D eigenvalue weighted by atomic mass is 35.5. The third-order valence-corrected chi connectivity index (χ3v) is 5.65. The molecule has 0 saturated heterocycles. The fourth-order valence-corrected chi connectivity index (χ4v) is 3.64. The minimum atomic E-state index is -0.860. The maximum Gasteiger partial charge on any atom is 0.339 e. The summed E-state index contributed by atoms with van der Waals surface area (Å²) in [4.78, 5) is 54.7. The van der Waals surface area contributed by atoms with Crippen LogP contribution in [0.25, 0.3) is 22.2 Å². The van der Waals surface area contributed by atoms with Crippen LogP contribution in [0.15, 0.2) is 64.2 Å². The molecular formula is C24H19ClN4O5. The summed E-state index contributed by atoms with van der Waals surface area (Å²) in [5, 5.41) is 1.10. The van der Waals surface area contributed by atoms with Crippen molar-refractivity contribution in [3.05, 3.63) is 91.6 Å². The Balaban J connectivity index is 1.68. The maximum atomic E-state index is 13.0. The monoisotopic (exact) mass is 478 g/mol. The predicted molar refractivity (Wildman–Crippen MR) is 128 cm³/mol. The molecule has 0 amide bonds. The van der Waals surface area contributed by atoms with Crippen LogP contribution >= 0.6 is 11.6 Å². The molecule has 34 heavy (non-hydrogen) atoms. The Labute approximate surface area is 198 Å². The van der Waals surface area contributed by atoms with Crippen LogP contribution in [0, 0.1) is 0 Å². The van der Waals surface area contributed by atoms with E-state index in [1.807, 2.05) is 0 Å². The van der Waals surface area contributed by atoms with Gasteiger partial charge in [-0.15, -0.1) is 0 Å². The van der Waals surface area contributed by atoms with Gasteiger partial charge in [0.1, 0.15) is 11.4 Å². The van der Waals surface area contributed by atoms with Gasteiger partial charge in [-0.1, -0.05) is 41.9 Å². The first-order chi connectivity index (χ1) is 16.2. The topological polar surface area (TPSA) is 126 Å². The lowest BCUT2D eigenvalue weighted by Gasteiger charge is -2.12. The van der Waals surface area contributed by atoms with Gasteiger partial charge in [-0.05, 0) is 24.3 Å². The van der Waals surface area contributed by atoms with Crippen molar-refractivity contribution < 1.29 is 14.3 Å².